The molecule has 0 bridgehead atoms. The number of hydrogen-bond donors (Lipinski definition) is 2. The minimum atomic E-state index is -0.478. The number of rotatable bonds is 3. The van der Waals surface area contributed by atoms with Gasteiger partial charge in [-0.2, -0.15) is 0 Å². The van der Waals surface area contributed by atoms with Crippen molar-refractivity contribution < 1.29 is 14.3 Å². The van der Waals surface area contributed by atoms with E-state index >= 15 is 0 Å². The molecule has 0 aromatic heterocycles. The number of carbonyl (C=O) groups excluding carboxylic acids is 2. The van der Waals surface area contributed by atoms with Gasteiger partial charge in [-0.3, -0.25) is 9.69 Å². The van der Waals surface area contributed by atoms with Crippen molar-refractivity contribution in [2.24, 2.45) is 11.5 Å². The summed E-state index contributed by atoms with van der Waals surface area (Å²) in [5, 5.41) is 0. The summed E-state index contributed by atoms with van der Waals surface area (Å²) in [5.74, 6) is 0.786. The highest BCUT2D eigenvalue weighted by Gasteiger charge is 2.05. The molecule has 0 saturated heterocycles. The fraction of sp³-hybridized carbons (Fsp3) is 0.273. The van der Waals surface area contributed by atoms with Crippen molar-refractivity contribution in [1.82, 2.24) is 0 Å². The lowest BCUT2D eigenvalue weighted by Gasteiger charge is -2.14. The molecule has 0 atom stereocenters. The Morgan fingerprint density at radius 3 is 2.24 bits per heavy atom. The minimum absolute atomic E-state index is 0.250. The number of carbonyl (C=O) groups is 2. The fourth-order valence-corrected chi connectivity index (χ4v) is 1.06. The Labute approximate surface area is 100 Å². The molecule has 0 aliphatic rings. The number of primary amides is 2. The molecule has 0 aliphatic heterocycles. The van der Waals surface area contributed by atoms with E-state index in [1.165, 1.54) is 4.90 Å². The third-order valence-corrected chi connectivity index (χ3v) is 1.87. The van der Waals surface area contributed by atoms with Crippen molar-refractivity contribution in [3.05, 3.63) is 24.3 Å². The van der Waals surface area contributed by atoms with Gasteiger partial charge in [0.2, 0.25) is 6.41 Å². The van der Waals surface area contributed by atoms with Crippen LogP contribution < -0.4 is 21.1 Å². The molecule has 6 heteroatoms. The first kappa shape index (κ1) is 14.8. The number of nitrogens with zero attached hydrogens (tertiary/aromatic N) is 1. The smallest absolute Gasteiger partial charge is 0.318 e. The molecule has 0 fully saturated rings. The van der Waals surface area contributed by atoms with Crippen molar-refractivity contribution in [1.29, 1.82) is 0 Å². The standard InChI is InChI=1S/C10H14N2O2.CH3NO/c1-3-14-9-6-4-8(5-7-9)12(2)10(11)13;2-1-3/h4-7H,3H2,1-2H3,(H2,11,13);1H,(H2,2,3). The summed E-state index contributed by atoms with van der Waals surface area (Å²) in [7, 11) is 1.62. The highest BCUT2D eigenvalue weighted by atomic mass is 16.5. The van der Waals surface area contributed by atoms with E-state index in [0.29, 0.717) is 6.61 Å². The topological polar surface area (TPSA) is 98.7 Å². The Bertz CT molecular complexity index is 351. The maximum absolute atomic E-state index is 10.8. The van der Waals surface area contributed by atoms with Gasteiger partial charge in [-0.15, -0.1) is 0 Å². The maximum Gasteiger partial charge on any atom is 0.318 e. The highest BCUT2D eigenvalue weighted by molar-refractivity contribution is 5.89. The zero-order valence-electron chi connectivity index (χ0n) is 9.92. The molecule has 94 valence electrons. The van der Waals surface area contributed by atoms with Crippen molar-refractivity contribution in [3.63, 3.8) is 0 Å². The first-order valence-electron chi connectivity index (χ1n) is 4.98. The third kappa shape index (κ3) is 5.41. The highest BCUT2D eigenvalue weighted by Crippen LogP contribution is 2.18. The second-order valence-corrected chi connectivity index (χ2v) is 2.96. The molecule has 1 aromatic rings. The summed E-state index contributed by atoms with van der Waals surface area (Å²) in [4.78, 5) is 20.8. The Hall–Kier alpha value is -2.24. The summed E-state index contributed by atoms with van der Waals surface area (Å²) < 4.78 is 5.27. The molecule has 0 unspecified atom stereocenters. The summed E-state index contributed by atoms with van der Waals surface area (Å²) in [6, 6.07) is 6.70. The Kier molecular flexibility index (Phi) is 6.92. The molecular weight excluding hydrogens is 222 g/mol. The second kappa shape index (κ2) is 7.98. The van der Waals surface area contributed by atoms with Gasteiger partial charge in [-0.1, -0.05) is 0 Å². The summed E-state index contributed by atoms with van der Waals surface area (Å²) in [5.41, 5.74) is 10.0. The van der Waals surface area contributed by atoms with E-state index in [-0.39, 0.29) is 6.41 Å². The summed E-state index contributed by atoms with van der Waals surface area (Å²) in [6.45, 7) is 2.55. The molecule has 0 radical (unpaired) electrons. The number of amides is 3. The Morgan fingerprint density at radius 2 is 1.88 bits per heavy atom. The van der Waals surface area contributed by atoms with Crippen molar-refractivity contribution in [2.45, 2.75) is 6.92 Å². The molecule has 1 rings (SSSR count). The fourth-order valence-electron chi connectivity index (χ4n) is 1.06. The number of ether oxygens (including phenoxy) is 1. The number of anilines is 1. The van der Waals surface area contributed by atoms with Crippen LogP contribution in [0, 0.1) is 0 Å². The molecule has 3 amide bonds. The predicted octanol–water partition coefficient (Wildman–Crippen LogP) is 0.702. The molecule has 0 saturated carbocycles. The average molecular weight is 239 g/mol. The van der Waals surface area contributed by atoms with E-state index in [4.69, 9.17) is 15.3 Å². The molecule has 0 aliphatic carbocycles. The van der Waals surface area contributed by atoms with Crippen LogP contribution in [-0.4, -0.2) is 26.1 Å². The lowest BCUT2D eigenvalue weighted by molar-refractivity contribution is -0.106. The van der Waals surface area contributed by atoms with Crippen LogP contribution in [0.25, 0.3) is 0 Å². The van der Waals surface area contributed by atoms with Gasteiger partial charge in [0, 0.05) is 12.7 Å². The van der Waals surface area contributed by atoms with Gasteiger partial charge in [-0.25, -0.2) is 4.79 Å². The van der Waals surface area contributed by atoms with Gasteiger partial charge in [0.05, 0.1) is 6.61 Å². The average Bonchev–Trinajstić information content (AvgIpc) is 2.30. The monoisotopic (exact) mass is 239 g/mol. The number of urea groups is 1. The molecule has 0 spiro atoms. The third-order valence-electron chi connectivity index (χ3n) is 1.87. The number of nitrogens with two attached hydrogens (primary N) is 2. The molecule has 0 heterocycles. The quantitative estimate of drug-likeness (QED) is 0.759. The lowest BCUT2D eigenvalue weighted by atomic mass is 10.3. The van der Waals surface area contributed by atoms with Crippen molar-refractivity contribution >= 4 is 18.1 Å². The van der Waals surface area contributed by atoms with Gasteiger partial charge in [0.1, 0.15) is 5.75 Å². The molecule has 17 heavy (non-hydrogen) atoms. The van der Waals surface area contributed by atoms with Crippen molar-refractivity contribution in [3.8, 4) is 5.75 Å². The van der Waals surface area contributed by atoms with Crippen LogP contribution in [0.2, 0.25) is 0 Å². The second-order valence-electron chi connectivity index (χ2n) is 2.96. The first-order chi connectivity index (χ1) is 8.06. The van der Waals surface area contributed by atoms with Gasteiger partial charge in [-0.05, 0) is 31.2 Å². The number of hydrogen-bond acceptors (Lipinski definition) is 3. The van der Waals surface area contributed by atoms with Crippen molar-refractivity contribution in [2.75, 3.05) is 18.6 Å². The molecular formula is C11H17N3O3. The van der Waals surface area contributed by atoms with Gasteiger partial charge < -0.3 is 16.2 Å². The first-order valence-corrected chi connectivity index (χ1v) is 4.98. The number of benzene rings is 1. The van der Waals surface area contributed by atoms with E-state index < -0.39 is 6.03 Å². The zero-order chi connectivity index (χ0) is 13.3. The summed E-state index contributed by atoms with van der Waals surface area (Å²) in [6.07, 6.45) is 0.250. The molecule has 1 aromatic carbocycles. The predicted molar refractivity (Wildman–Crippen MR) is 65.8 cm³/mol. The zero-order valence-corrected chi connectivity index (χ0v) is 9.92. The van der Waals surface area contributed by atoms with Gasteiger partial charge in [0.15, 0.2) is 0 Å². The van der Waals surface area contributed by atoms with Crippen LogP contribution in [0.15, 0.2) is 24.3 Å². The van der Waals surface area contributed by atoms with Gasteiger partial charge >= 0.3 is 6.03 Å². The maximum atomic E-state index is 10.8. The van der Waals surface area contributed by atoms with E-state index in [1.807, 2.05) is 6.92 Å². The SMILES string of the molecule is CCOc1ccc(N(C)C(N)=O)cc1.NC=O. The van der Waals surface area contributed by atoms with E-state index in [0.717, 1.165) is 11.4 Å². The van der Waals surface area contributed by atoms with E-state index in [9.17, 15) is 4.79 Å². The minimum Gasteiger partial charge on any atom is -0.494 e. The van der Waals surface area contributed by atoms with Crippen LogP contribution in [0.5, 0.6) is 5.75 Å². The van der Waals surface area contributed by atoms with Crippen LogP contribution in [0.3, 0.4) is 0 Å². The van der Waals surface area contributed by atoms with Crippen LogP contribution in [0.4, 0.5) is 10.5 Å². The Morgan fingerprint density at radius 1 is 1.41 bits per heavy atom. The van der Waals surface area contributed by atoms with Crippen LogP contribution >= 0.6 is 0 Å². The van der Waals surface area contributed by atoms with Crippen LogP contribution in [-0.2, 0) is 4.79 Å². The van der Waals surface area contributed by atoms with Gasteiger partial charge in [0.25, 0.3) is 0 Å². The normalized spacial score (nSPS) is 8.59. The largest absolute Gasteiger partial charge is 0.494 e. The lowest BCUT2D eigenvalue weighted by Crippen LogP contribution is -2.31. The Balaban J connectivity index is 0.000000770. The molecule has 4 N–H and O–H groups in total. The van der Waals surface area contributed by atoms with E-state index in [2.05, 4.69) is 5.73 Å². The summed E-state index contributed by atoms with van der Waals surface area (Å²) >= 11 is 0. The van der Waals surface area contributed by atoms with E-state index in [1.54, 1.807) is 31.3 Å². The van der Waals surface area contributed by atoms with Crippen LogP contribution in [0.1, 0.15) is 6.92 Å². The molecule has 6 nitrogen and oxygen atoms in total.